The first-order valence-electron chi connectivity index (χ1n) is 22.4. The molecule has 0 aromatic heterocycles. The number of sulfonamides is 2. The third-order valence-corrected chi connectivity index (χ3v) is 14.4. The molecule has 0 radical (unpaired) electrons. The summed E-state index contributed by atoms with van der Waals surface area (Å²) in [5, 5.41) is 31.6. The fourth-order valence-corrected chi connectivity index (χ4v) is 10.4. The Balaban J connectivity index is 0.000000241. The van der Waals surface area contributed by atoms with Crippen molar-refractivity contribution in [2.24, 2.45) is 5.92 Å². The van der Waals surface area contributed by atoms with Gasteiger partial charge in [-0.15, -0.1) is 0 Å². The van der Waals surface area contributed by atoms with E-state index >= 15 is 0 Å². The van der Waals surface area contributed by atoms with Gasteiger partial charge in [-0.2, -0.15) is 0 Å². The minimum absolute atomic E-state index is 0.263. The second kappa shape index (κ2) is 26.0. The Morgan fingerprint density at radius 1 is 0.516 bits per heavy atom. The van der Waals surface area contributed by atoms with Crippen molar-refractivity contribution in [1.29, 1.82) is 0 Å². The van der Waals surface area contributed by atoms with Gasteiger partial charge in [0.05, 0.1) is 9.85 Å². The molecular weight excluding hydrogens is 853 g/mol. The Morgan fingerprint density at radius 3 is 1.56 bits per heavy atom. The van der Waals surface area contributed by atoms with Gasteiger partial charge in [-0.25, -0.2) is 26.3 Å². The molecule has 0 fully saturated rings. The lowest BCUT2D eigenvalue weighted by Gasteiger charge is -2.24. The van der Waals surface area contributed by atoms with Gasteiger partial charge in [0.1, 0.15) is 0 Å². The van der Waals surface area contributed by atoms with Crippen molar-refractivity contribution in [1.82, 2.24) is 20.1 Å². The van der Waals surface area contributed by atoms with Crippen molar-refractivity contribution in [3.8, 4) is 0 Å². The van der Waals surface area contributed by atoms with Crippen LogP contribution in [-0.2, 0) is 39.4 Å². The van der Waals surface area contributed by atoms with E-state index in [1.165, 1.54) is 102 Å². The lowest BCUT2D eigenvalue weighted by Crippen LogP contribution is -2.28. The summed E-state index contributed by atoms with van der Waals surface area (Å²) in [7, 11) is -7.76. The zero-order chi connectivity index (χ0) is 45.6. The van der Waals surface area contributed by atoms with E-state index in [9.17, 15) is 37.1 Å². The van der Waals surface area contributed by atoms with Gasteiger partial charge < -0.3 is 10.6 Å². The Bertz CT molecular complexity index is 2490. The first kappa shape index (κ1) is 49.9. The number of fused-ring (bicyclic) bond motifs is 2. The van der Waals surface area contributed by atoms with Crippen molar-refractivity contribution in [3.05, 3.63) is 152 Å². The largest absolute Gasteiger partial charge is 0.316 e. The maximum atomic E-state index is 12.3. The average molecular weight is 915 g/mol. The molecule has 5 aromatic carbocycles. The Morgan fingerprint density at radius 2 is 0.984 bits per heavy atom. The second-order valence-electron chi connectivity index (χ2n) is 16.2. The number of hydrogen-bond donors (Lipinski definition) is 4. The van der Waals surface area contributed by atoms with Gasteiger partial charge >= 0.3 is 0 Å². The maximum Gasteiger partial charge on any atom is 0.289 e. The number of nitro benzene ring substituents is 2. The smallest absolute Gasteiger partial charge is 0.289 e. The summed E-state index contributed by atoms with van der Waals surface area (Å²) in [6.45, 7) is 4.41. The van der Waals surface area contributed by atoms with E-state index in [-0.39, 0.29) is 16.3 Å². The highest BCUT2D eigenvalue weighted by Crippen LogP contribution is 2.26. The highest BCUT2D eigenvalue weighted by atomic mass is 32.2. The first-order valence-corrected chi connectivity index (χ1v) is 25.3. The van der Waals surface area contributed by atoms with Crippen LogP contribution in [0, 0.1) is 26.1 Å². The molecule has 0 spiro atoms. The number of nitro groups is 2. The fraction of sp³-hybridized carbons (Fsp3) is 0.417. The highest BCUT2D eigenvalue weighted by molar-refractivity contribution is 7.90. The van der Waals surface area contributed by atoms with Crippen molar-refractivity contribution >= 4 is 42.2 Å². The number of aryl methyl sites for hydroxylation is 1. The lowest BCUT2D eigenvalue weighted by atomic mass is 9.84. The van der Waals surface area contributed by atoms with E-state index in [1.54, 1.807) is 0 Å². The van der Waals surface area contributed by atoms with Crippen LogP contribution in [0.4, 0.5) is 11.4 Å². The summed E-state index contributed by atoms with van der Waals surface area (Å²) < 4.78 is 54.3. The number of nitrogens with zero attached hydrogens (tertiary/aromatic N) is 2. The molecule has 1 aliphatic rings. The van der Waals surface area contributed by atoms with E-state index in [2.05, 4.69) is 74.7 Å². The molecule has 16 heteroatoms. The molecule has 0 amide bonds. The van der Waals surface area contributed by atoms with Crippen LogP contribution in [-0.4, -0.2) is 59.4 Å². The van der Waals surface area contributed by atoms with E-state index in [0.717, 1.165) is 83.5 Å². The molecule has 5 aromatic rings. The van der Waals surface area contributed by atoms with Gasteiger partial charge in [0.2, 0.25) is 20.0 Å². The van der Waals surface area contributed by atoms with Crippen LogP contribution < -0.4 is 20.1 Å². The Kier molecular flexibility index (Phi) is 20.3. The summed E-state index contributed by atoms with van der Waals surface area (Å²) in [5.74, 6) is 0.737. The zero-order valence-electron chi connectivity index (χ0n) is 36.5. The van der Waals surface area contributed by atoms with Crippen LogP contribution in [0.2, 0.25) is 0 Å². The van der Waals surface area contributed by atoms with Crippen LogP contribution in [0.1, 0.15) is 87.3 Å². The van der Waals surface area contributed by atoms with Gasteiger partial charge in [-0.3, -0.25) is 20.2 Å². The molecule has 1 atom stereocenters. The lowest BCUT2D eigenvalue weighted by molar-refractivity contribution is -0.388. The van der Waals surface area contributed by atoms with E-state index in [1.807, 2.05) is 12.1 Å². The van der Waals surface area contributed by atoms with Gasteiger partial charge in [0, 0.05) is 31.8 Å². The van der Waals surface area contributed by atoms with Crippen molar-refractivity contribution < 1.29 is 26.7 Å². The normalized spacial score (nSPS) is 13.8. The summed E-state index contributed by atoms with van der Waals surface area (Å²) in [5.41, 5.74) is 3.48. The maximum absolute atomic E-state index is 12.3. The quantitative estimate of drug-likeness (QED) is 0.0236. The Hall–Kier alpha value is -5.10. The molecule has 4 N–H and O–H groups in total. The fourth-order valence-electron chi connectivity index (χ4n) is 7.88. The average Bonchev–Trinajstić information content (AvgIpc) is 3.30. The molecule has 344 valence electrons. The molecule has 0 saturated heterocycles. The van der Waals surface area contributed by atoms with Gasteiger partial charge in [0.25, 0.3) is 11.4 Å². The van der Waals surface area contributed by atoms with Gasteiger partial charge in [-0.05, 0) is 116 Å². The minimum Gasteiger partial charge on any atom is -0.316 e. The summed E-state index contributed by atoms with van der Waals surface area (Å²) in [6, 6.07) is 34.4. The molecule has 0 aliphatic heterocycles. The summed E-state index contributed by atoms with van der Waals surface area (Å²) in [4.78, 5) is 20.1. The number of nitrogens with one attached hydrogen (secondary N) is 4. The number of benzene rings is 5. The van der Waals surface area contributed by atoms with Gasteiger partial charge in [-0.1, -0.05) is 123 Å². The predicted molar refractivity (Wildman–Crippen MR) is 253 cm³/mol. The van der Waals surface area contributed by atoms with Crippen LogP contribution in [0.25, 0.3) is 10.8 Å². The first-order chi connectivity index (χ1) is 30.9. The molecule has 0 saturated carbocycles. The van der Waals surface area contributed by atoms with Crippen LogP contribution in [0.15, 0.2) is 125 Å². The molecule has 1 unspecified atom stereocenters. The van der Waals surface area contributed by atoms with Crippen LogP contribution in [0.3, 0.4) is 0 Å². The molecule has 0 heterocycles. The minimum atomic E-state index is -3.89. The number of para-hydroxylation sites is 2. The van der Waals surface area contributed by atoms with Crippen LogP contribution in [0.5, 0.6) is 0 Å². The summed E-state index contributed by atoms with van der Waals surface area (Å²) >= 11 is 0. The number of hydrogen-bond acceptors (Lipinski definition) is 10. The molecular formula is C48H62N6O8S2. The zero-order valence-corrected chi connectivity index (χ0v) is 38.1. The SMILES string of the molecule is O=[N+]([O-])c1ccccc1S(=O)(=O)NCCCCCCCCNCC1CCc2ccccc2C1.O=[N+]([O-])c1ccccc1S(=O)(=O)NCCCCCCNCc1ccc2ccccc2c1. The Labute approximate surface area is 378 Å². The number of unbranched alkanes of at least 4 members (excludes halogenated alkanes) is 8. The molecule has 64 heavy (non-hydrogen) atoms. The molecule has 0 bridgehead atoms. The monoisotopic (exact) mass is 914 g/mol. The molecule has 14 nitrogen and oxygen atoms in total. The topological polar surface area (TPSA) is 203 Å². The molecule has 1 aliphatic carbocycles. The third-order valence-electron chi connectivity index (χ3n) is 11.4. The standard InChI is InChI=1S/C25H35N3O4S.C23H27N3O4S/c29-28(30)24-13-7-8-14-25(24)33(31,32)27-18-10-4-2-1-3-9-17-26-20-21-15-16-22-11-5-6-12-23(22)19-21;27-26(28)22-11-5-6-12-23(22)31(29,30)25-16-8-2-1-7-15-24-18-19-13-14-20-9-3-4-10-21(20)17-19/h5-8,11-14,21,26-27H,1-4,9-10,15-20H2;3-6,9-14,17,24-25H,1-2,7-8,15-16,18H2. The van der Waals surface area contributed by atoms with E-state index in [4.69, 9.17) is 0 Å². The van der Waals surface area contributed by atoms with E-state index < -0.39 is 41.3 Å². The third kappa shape index (κ3) is 16.2. The van der Waals surface area contributed by atoms with Crippen LogP contribution >= 0.6 is 0 Å². The van der Waals surface area contributed by atoms with Crippen molar-refractivity contribution in [2.45, 2.75) is 99.8 Å². The number of rotatable bonds is 26. The highest BCUT2D eigenvalue weighted by Gasteiger charge is 2.25. The second-order valence-corrected chi connectivity index (χ2v) is 19.7. The van der Waals surface area contributed by atoms with Crippen molar-refractivity contribution in [2.75, 3.05) is 32.7 Å². The van der Waals surface area contributed by atoms with E-state index in [0.29, 0.717) is 13.0 Å². The molecule has 6 rings (SSSR count). The van der Waals surface area contributed by atoms with Gasteiger partial charge in [0.15, 0.2) is 9.79 Å². The van der Waals surface area contributed by atoms with Crippen molar-refractivity contribution in [3.63, 3.8) is 0 Å². The summed E-state index contributed by atoms with van der Waals surface area (Å²) in [6.07, 6.45) is 13.4. The predicted octanol–water partition coefficient (Wildman–Crippen LogP) is 8.98.